The van der Waals surface area contributed by atoms with Gasteiger partial charge in [0.2, 0.25) is 0 Å². The zero-order valence-corrected chi connectivity index (χ0v) is 11.0. The normalized spacial score (nSPS) is 10.4. The number of halogens is 1. The van der Waals surface area contributed by atoms with Crippen LogP contribution in [0.2, 0.25) is 0 Å². The maximum Gasteiger partial charge on any atom is 0.267 e. The first-order valence-electron chi connectivity index (χ1n) is 5.04. The van der Waals surface area contributed by atoms with Crippen molar-refractivity contribution in [2.45, 2.75) is 6.42 Å². The van der Waals surface area contributed by atoms with Gasteiger partial charge in [-0.1, -0.05) is 0 Å². The highest BCUT2D eigenvalue weighted by molar-refractivity contribution is 14.1. The first-order valence-corrected chi connectivity index (χ1v) is 6.12. The van der Waals surface area contributed by atoms with Gasteiger partial charge in [-0.25, -0.2) is 0 Å². The molecule has 0 unspecified atom stereocenters. The fourth-order valence-corrected chi connectivity index (χ4v) is 1.60. The summed E-state index contributed by atoms with van der Waals surface area (Å²) in [6, 6.07) is 1.79. The minimum atomic E-state index is -0.106. The van der Waals surface area contributed by atoms with Crippen LogP contribution in [0.25, 0.3) is 0 Å². The third-order valence-corrected chi connectivity index (χ3v) is 2.50. The third-order valence-electron chi connectivity index (χ3n) is 1.88. The summed E-state index contributed by atoms with van der Waals surface area (Å²) in [5, 5.41) is 11.2. The van der Waals surface area contributed by atoms with Crippen LogP contribution in [0.4, 0.5) is 0 Å². The van der Waals surface area contributed by atoms with Crippen LogP contribution in [0.1, 0.15) is 16.9 Å². The molecular weight excluding hydrogens is 323 g/mol. The largest absolute Gasteiger partial charge is 0.394 e. The summed E-state index contributed by atoms with van der Waals surface area (Å²) < 4.78 is 6.07. The van der Waals surface area contributed by atoms with Crippen LogP contribution >= 0.6 is 22.6 Å². The van der Waals surface area contributed by atoms with Crippen LogP contribution in [0, 0.1) is 3.57 Å². The Morgan fingerprint density at radius 3 is 3.00 bits per heavy atom. The summed E-state index contributed by atoms with van der Waals surface area (Å²) in [6.45, 7) is 1.50. The van der Waals surface area contributed by atoms with Gasteiger partial charge in [0.25, 0.3) is 5.91 Å². The average Bonchev–Trinajstić information content (AvgIpc) is 2.70. The molecule has 1 rings (SSSR count). The maximum atomic E-state index is 11.5. The average molecular weight is 338 g/mol. The third kappa shape index (κ3) is 4.95. The second kappa shape index (κ2) is 7.64. The lowest BCUT2D eigenvalue weighted by Crippen LogP contribution is -2.25. The van der Waals surface area contributed by atoms with E-state index >= 15 is 0 Å². The molecule has 0 fully saturated rings. The molecule has 0 aliphatic rings. The number of aromatic amines is 1. The number of aromatic nitrogens is 1. The van der Waals surface area contributed by atoms with E-state index in [-0.39, 0.29) is 12.5 Å². The molecule has 0 spiro atoms. The first-order chi connectivity index (χ1) is 7.74. The van der Waals surface area contributed by atoms with E-state index in [4.69, 9.17) is 9.84 Å². The van der Waals surface area contributed by atoms with E-state index in [9.17, 15) is 4.79 Å². The number of hydrogen-bond acceptors (Lipinski definition) is 3. The van der Waals surface area contributed by atoms with Gasteiger partial charge in [0.15, 0.2) is 0 Å². The highest BCUT2D eigenvalue weighted by Crippen LogP contribution is 2.05. The van der Waals surface area contributed by atoms with Gasteiger partial charge in [-0.3, -0.25) is 4.79 Å². The summed E-state index contributed by atoms with van der Waals surface area (Å²) in [5.74, 6) is -0.106. The Bertz CT molecular complexity index is 328. The van der Waals surface area contributed by atoms with Crippen molar-refractivity contribution in [1.29, 1.82) is 0 Å². The summed E-state index contributed by atoms with van der Waals surface area (Å²) in [6.07, 6.45) is 2.52. The predicted octanol–water partition coefficient (Wildman–Crippen LogP) is 0.748. The van der Waals surface area contributed by atoms with Gasteiger partial charge in [0.1, 0.15) is 5.69 Å². The molecule has 0 saturated carbocycles. The molecule has 1 heterocycles. The molecule has 0 saturated heterocycles. The smallest absolute Gasteiger partial charge is 0.267 e. The quantitative estimate of drug-likeness (QED) is 0.507. The number of carbonyl (C=O) groups is 1. The van der Waals surface area contributed by atoms with E-state index in [2.05, 4.69) is 32.9 Å². The van der Waals surface area contributed by atoms with Crippen LogP contribution in [-0.4, -0.2) is 42.4 Å². The van der Waals surface area contributed by atoms with Crippen LogP contribution in [-0.2, 0) is 4.74 Å². The van der Waals surface area contributed by atoms with Gasteiger partial charge >= 0.3 is 0 Å². The molecular formula is C10H15IN2O3. The lowest BCUT2D eigenvalue weighted by Gasteiger charge is -2.04. The molecule has 0 radical (unpaired) electrons. The van der Waals surface area contributed by atoms with Gasteiger partial charge < -0.3 is 20.1 Å². The second-order valence-corrected chi connectivity index (χ2v) is 4.42. The van der Waals surface area contributed by atoms with Crippen molar-refractivity contribution in [3.63, 3.8) is 0 Å². The molecule has 5 nitrogen and oxygen atoms in total. The van der Waals surface area contributed by atoms with E-state index in [1.54, 1.807) is 12.3 Å². The minimum Gasteiger partial charge on any atom is -0.394 e. The van der Waals surface area contributed by atoms with Crippen molar-refractivity contribution in [1.82, 2.24) is 10.3 Å². The van der Waals surface area contributed by atoms with Crippen LogP contribution in [0.15, 0.2) is 12.3 Å². The fourth-order valence-electron chi connectivity index (χ4n) is 1.14. The molecule has 1 aromatic heterocycles. The van der Waals surface area contributed by atoms with Crippen LogP contribution in [0.3, 0.4) is 0 Å². The monoisotopic (exact) mass is 338 g/mol. The lowest BCUT2D eigenvalue weighted by atomic mass is 10.4. The topological polar surface area (TPSA) is 74.3 Å². The molecule has 0 aliphatic carbocycles. The maximum absolute atomic E-state index is 11.5. The van der Waals surface area contributed by atoms with E-state index in [0.29, 0.717) is 25.5 Å². The molecule has 0 aromatic carbocycles. The fraction of sp³-hybridized carbons (Fsp3) is 0.500. The molecule has 0 bridgehead atoms. The zero-order chi connectivity index (χ0) is 11.8. The summed E-state index contributed by atoms with van der Waals surface area (Å²) in [4.78, 5) is 14.4. The number of rotatable bonds is 7. The molecule has 16 heavy (non-hydrogen) atoms. The summed E-state index contributed by atoms with van der Waals surface area (Å²) in [5.41, 5.74) is 0.570. The number of ether oxygens (including phenoxy) is 1. The first kappa shape index (κ1) is 13.5. The molecule has 3 N–H and O–H groups in total. The Hall–Kier alpha value is -0.600. The van der Waals surface area contributed by atoms with Crippen LogP contribution < -0.4 is 5.32 Å². The Balaban J connectivity index is 2.11. The van der Waals surface area contributed by atoms with Gasteiger partial charge in [-0.15, -0.1) is 0 Å². The van der Waals surface area contributed by atoms with Crippen molar-refractivity contribution in [3.05, 3.63) is 21.5 Å². The Kier molecular flexibility index (Phi) is 6.43. The molecule has 6 heteroatoms. The number of carbonyl (C=O) groups excluding carboxylic acids is 1. The minimum absolute atomic E-state index is 0.0350. The number of hydrogen-bond donors (Lipinski definition) is 3. The van der Waals surface area contributed by atoms with E-state index in [0.717, 1.165) is 9.99 Å². The molecule has 90 valence electrons. The second-order valence-electron chi connectivity index (χ2n) is 3.18. The SMILES string of the molecule is O=C(NCCCOCCO)c1cc(I)c[nH]1. The van der Waals surface area contributed by atoms with E-state index < -0.39 is 0 Å². The highest BCUT2D eigenvalue weighted by atomic mass is 127. The van der Waals surface area contributed by atoms with E-state index in [1.165, 1.54) is 0 Å². The van der Waals surface area contributed by atoms with Gasteiger partial charge in [0.05, 0.1) is 13.2 Å². The van der Waals surface area contributed by atoms with Crippen LogP contribution in [0.5, 0.6) is 0 Å². The lowest BCUT2D eigenvalue weighted by molar-refractivity contribution is 0.0866. The van der Waals surface area contributed by atoms with Crippen molar-refractivity contribution in [2.24, 2.45) is 0 Å². The van der Waals surface area contributed by atoms with Crippen molar-refractivity contribution in [3.8, 4) is 0 Å². The number of nitrogens with one attached hydrogen (secondary N) is 2. The molecule has 1 aromatic rings. The highest BCUT2D eigenvalue weighted by Gasteiger charge is 2.06. The van der Waals surface area contributed by atoms with Gasteiger partial charge in [0, 0.05) is 22.9 Å². The summed E-state index contributed by atoms with van der Waals surface area (Å²) in [7, 11) is 0. The molecule has 0 aliphatic heterocycles. The Morgan fingerprint density at radius 1 is 1.56 bits per heavy atom. The number of aliphatic hydroxyl groups is 1. The van der Waals surface area contributed by atoms with E-state index in [1.807, 2.05) is 0 Å². The summed E-state index contributed by atoms with van der Waals surface area (Å²) >= 11 is 2.14. The van der Waals surface area contributed by atoms with Gasteiger partial charge in [-0.2, -0.15) is 0 Å². The number of H-pyrrole nitrogens is 1. The Labute approximate surface area is 108 Å². The molecule has 1 amide bonds. The van der Waals surface area contributed by atoms with Crippen molar-refractivity contribution in [2.75, 3.05) is 26.4 Å². The Morgan fingerprint density at radius 2 is 2.38 bits per heavy atom. The van der Waals surface area contributed by atoms with Gasteiger partial charge in [-0.05, 0) is 35.1 Å². The molecule has 0 atom stereocenters. The standard InChI is InChI=1S/C10H15IN2O3/c11-8-6-9(13-7-8)10(15)12-2-1-4-16-5-3-14/h6-7,13-14H,1-5H2,(H,12,15). The predicted molar refractivity (Wildman–Crippen MR) is 68.4 cm³/mol. The number of amides is 1. The zero-order valence-electron chi connectivity index (χ0n) is 8.83. The van der Waals surface area contributed by atoms with Crippen molar-refractivity contribution >= 4 is 28.5 Å². The van der Waals surface area contributed by atoms with Crippen molar-refractivity contribution < 1.29 is 14.6 Å². The number of aliphatic hydroxyl groups excluding tert-OH is 1.